The monoisotopic (exact) mass is 157 g/mol. The molecule has 0 aliphatic heterocycles. The summed E-state index contributed by atoms with van der Waals surface area (Å²) in [5, 5.41) is 8.45. The van der Waals surface area contributed by atoms with Crippen molar-refractivity contribution in [2.24, 2.45) is 0 Å². The Balaban J connectivity index is 2.54. The first-order valence-electron chi connectivity index (χ1n) is 3.69. The van der Waals surface area contributed by atoms with Crippen LogP contribution in [0.4, 0.5) is 0 Å². The molecule has 0 aliphatic carbocycles. The maximum atomic E-state index is 8.45. The van der Waals surface area contributed by atoms with Crippen LogP contribution in [-0.4, -0.2) is 9.97 Å². The fourth-order valence-electron chi connectivity index (χ4n) is 1.17. The van der Waals surface area contributed by atoms with Gasteiger partial charge in [-0.25, -0.2) is 0 Å². The van der Waals surface area contributed by atoms with E-state index in [1.807, 2.05) is 18.3 Å². The molecule has 2 rings (SSSR count). The van der Waals surface area contributed by atoms with Gasteiger partial charge in [-0.15, -0.1) is 0 Å². The van der Waals surface area contributed by atoms with Crippen LogP contribution in [0.5, 0.6) is 0 Å². The van der Waals surface area contributed by atoms with Crippen LogP contribution in [0.1, 0.15) is 5.56 Å². The lowest BCUT2D eigenvalue weighted by Crippen LogP contribution is -1.83. The van der Waals surface area contributed by atoms with Crippen molar-refractivity contribution in [3.05, 3.63) is 30.1 Å². The molecule has 3 heteroatoms. The molecule has 0 aromatic carbocycles. The van der Waals surface area contributed by atoms with Gasteiger partial charge in [0.15, 0.2) is 0 Å². The Morgan fingerprint density at radius 1 is 1.58 bits per heavy atom. The first-order chi connectivity index (χ1) is 5.90. The Morgan fingerprint density at radius 3 is 3.33 bits per heavy atom. The number of fused-ring (bicyclic) bond motifs is 1. The summed E-state index contributed by atoms with van der Waals surface area (Å²) in [5.74, 6) is 0. The Hall–Kier alpha value is -1.82. The summed E-state index contributed by atoms with van der Waals surface area (Å²) in [6.45, 7) is 0. The lowest BCUT2D eigenvalue weighted by Gasteiger charge is -1.92. The van der Waals surface area contributed by atoms with Crippen molar-refractivity contribution in [3.63, 3.8) is 0 Å². The van der Waals surface area contributed by atoms with Crippen LogP contribution >= 0.6 is 0 Å². The first kappa shape index (κ1) is 6.86. The number of hydrogen-bond acceptors (Lipinski definition) is 2. The maximum Gasteiger partial charge on any atom is 0.0878 e. The van der Waals surface area contributed by atoms with E-state index in [0.717, 1.165) is 16.6 Å². The summed E-state index contributed by atoms with van der Waals surface area (Å²) in [6, 6.07) is 5.95. The van der Waals surface area contributed by atoms with E-state index >= 15 is 0 Å². The minimum Gasteiger partial charge on any atom is -0.360 e. The Labute approximate surface area is 69.7 Å². The number of H-pyrrole nitrogens is 1. The highest BCUT2D eigenvalue weighted by molar-refractivity contribution is 5.75. The minimum absolute atomic E-state index is 0.419. The lowest BCUT2D eigenvalue weighted by atomic mass is 10.2. The van der Waals surface area contributed by atoms with Crippen molar-refractivity contribution >= 4 is 11.0 Å². The summed E-state index contributed by atoms with van der Waals surface area (Å²) < 4.78 is 0. The van der Waals surface area contributed by atoms with Crippen LogP contribution < -0.4 is 0 Å². The zero-order valence-electron chi connectivity index (χ0n) is 6.41. The molecule has 1 N–H and O–H groups in total. The number of aromatic nitrogens is 2. The molecule has 12 heavy (non-hydrogen) atoms. The van der Waals surface area contributed by atoms with Gasteiger partial charge >= 0.3 is 0 Å². The second kappa shape index (κ2) is 2.67. The number of nitrogens with zero attached hydrogens (tertiary/aromatic N) is 2. The molecule has 0 radical (unpaired) electrons. The molecule has 0 saturated heterocycles. The normalized spacial score (nSPS) is 9.92. The number of aromatic amines is 1. The average molecular weight is 157 g/mol. The smallest absolute Gasteiger partial charge is 0.0878 e. The van der Waals surface area contributed by atoms with Gasteiger partial charge in [0.2, 0.25) is 0 Å². The summed E-state index contributed by atoms with van der Waals surface area (Å²) in [5.41, 5.74) is 2.88. The number of nitriles is 1. The van der Waals surface area contributed by atoms with E-state index in [0.29, 0.717) is 6.42 Å². The van der Waals surface area contributed by atoms with Crippen molar-refractivity contribution in [1.29, 1.82) is 5.26 Å². The van der Waals surface area contributed by atoms with Gasteiger partial charge in [0, 0.05) is 12.4 Å². The highest BCUT2D eigenvalue weighted by Crippen LogP contribution is 2.10. The van der Waals surface area contributed by atoms with E-state index in [1.165, 1.54) is 0 Å². The zero-order chi connectivity index (χ0) is 8.39. The largest absolute Gasteiger partial charge is 0.360 e. The molecule has 0 atom stereocenters. The fourth-order valence-corrected chi connectivity index (χ4v) is 1.17. The predicted molar refractivity (Wildman–Crippen MR) is 45.4 cm³/mol. The van der Waals surface area contributed by atoms with Crippen LogP contribution in [0.15, 0.2) is 24.5 Å². The van der Waals surface area contributed by atoms with Gasteiger partial charge in [0.25, 0.3) is 0 Å². The molecule has 0 aliphatic rings. The molecule has 0 saturated carbocycles. The summed E-state index contributed by atoms with van der Waals surface area (Å²) >= 11 is 0. The third kappa shape index (κ3) is 1.04. The molecule has 2 aromatic rings. The van der Waals surface area contributed by atoms with E-state index in [4.69, 9.17) is 5.26 Å². The van der Waals surface area contributed by atoms with Crippen molar-refractivity contribution in [3.8, 4) is 6.07 Å². The van der Waals surface area contributed by atoms with Gasteiger partial charge in [-0.3, -0.25) is 4.98 Å². The molecule has 0 bridgehead atoms. The fraction of sp³-hybridized carbons (Fsp3) is 0.111. The molecule has 0 fully saturated rings. The van der Waals surface area contributed by atoms with Gasteiger partial charge in [-0.05, 0) is 17.7 Å². The quantitative estimate of drug-likeness (QED) is 0.684. The number of pyridine rings is 1. The molecule has 0 amide bonds. The van der Waals surface area contributed by atoms with Crippen LogP contribution in [0.3, 0.4) is 0 Å². The minimum atomic E-state index is 0.419. The third-order valence-corrected chi connectivity index (χ3v) is 1.74. The Bertz CT molecular complexity index is 436. The Kier molecular flexibility index (Phi) is 1.52. The van der Waals surface area contributed by atoms with Gasteiger partial charge in [-0.2, -0.15) is 5.26 Å². The zero-order valence-corrected chi connectivity index (χ0v) is 6.41. The topological polar surface area (TPSA) is 52.5 Å². The second-order valence-electron chi connectivity index (χ2n) is 2.59. The van der Waals surface area contributed by atoms with Crippen LogP contribution in [-0.2, 0) is 6.42 Å². The van der Waals surface area contributed by atoms with Crippen LogP contribution in [0, 0.1) is 11.3 Å². The average Bonchev–Trinajstić information content (AvgIpc) is 2.51. The Morgan fingerprint density at radius 2 is 2.50 bits per heavy atom. The summed E-state index contributed by atoms with van der Waals surface area (Å²) in [6.07, 6.45) is 4.00. The molecule has 0 spiro atoms. The summed E-state index contributed by atoms with van der Waals surface area (Å²) in [7, 11) is 0. The molecule has 0 unspecified atom stereocenters. The maximum absolute atomic E-state index is 8.45. The van der Waals surface area contributed by atoms with Crippen LogP contribution in [0.25, 0.3) is 11.0 Å². The van der Waals surface area contributed by atoms with E-state index in [2.05, 4.69) is 16.0 Å². The SMILES string of the molecule is N#CCc1cnc2cc[nH]c2c1. The predicted octanol–water partition coefficient (Wildman–Crippen LogP) is 1.63. The van der Waals surface area contributed by atoms with Crippen LogP contribution in [0.2, 0.25) is 0 Å². The molecular weight excluding hydrogens is 150 g/mol. The van der Waals surface area contributed by atoms with E-state index in [1.54, 1.807) is 6.20 Å². The highest BCUT2D eigenvalue weighted by Gasteiger charge is 1.96. The highest BCUT2D eigenvalue weighted by atomic mass is 14.7. The van der Waals surface area contributed by atoms with Gasteiger partial charge in [-0.1, -0.05) is 0 Å². The van der Waals surface area contributed by atoms with Gasteiger partial charge in [0.1, 0.15) is 0 Å². The van der Waals surface area contributed by atoms with Crippen molar-refractivity contribution in [1.82, 2.24) is 9.97 Å². The van der Waals surface area contributed by atoms with E-state index in [-0.39, 0.29) is 0 Å². The standard InChI is InChI=1S/C9H7N3/c10-3-1-7-5-9-8(12-6-7)2-4-11-9/h2,4-6,11H,1H2. The van der Waals surface area contributed by atoms with E-state index < -0.39 is 0 Å². The van der Waals surface area contributed by atoms with Crippen molar-refractivity contribution in [2.75, 3.05) is 0 Å². The van der Waals surface area contributed by atoms with Crippen molar-refractivity contribution < 1.29 is 0 Å². The number of nitrogens with one attached hydrogen (secondary N) is 1. The van der Waals surface area contributed by atoms with E-state index in [9.17, 15) is 0 Å². The lowest BCUT2D eigenvalue weighted by molar-refractivity contribution is 1.22. The third-order valence-electron chi connectivity index (χ3n) is 1.74. The molecule has 3 nitrogen and oxygen atoms in total. The molecular formula is C9H7N3. The van der Waals surface area contributed by atoms with Crippen molar-refractivity contribution in [2.45, 2.75) is 6.42 Å². The summed E-state index contributed by atoms with van der Waals surface area (Å²) in [4.78, 5) is 7.22. The molecule has 2 heterocycles. The molecule has 2 aromatic heterocycles. The molecule has 58 valence electrons. The second-order valence-corrected chi connectivity index (χ2v) is 2.59. The van der Waals surface area contributed by atoms with Gasteiger partial charge < -0.3 is 4.98 Å². The van der Waals surface area contributed by atoms with Gasteiger partial charge in [0.05, 0.1) is 23.5 Å². The number of hydrogen-bond donors (Lipinski definition) is 1. The number of rotatable bonds is 1. The first-order valence-corrected chi connectivity index (χ1v) is 3.69.